The first-order valence-corrected chi connectivity index (χ1v) is 14.9. The predicted molar refractivity (Wildman–Crippen MR) is 140 cm³/mol. The molecule has 36 heavy (non-hydrogen) atoms. The zero-order valence-corrected chi connectivity index (χ0v) is 22.8. The summed E-state index contributed by atoms with van der Waals surface area (Å²) in [6.45, 7) is 6.94. The molecule has 0 aromatic heterocycles. The van der Waals surface area contributed by atoms with E-state index in [0.29, 0.717) is 21.8 Å². The highest BCUT2D eigenvalue weighted by Crippen LogP contribution is 2.35. The summed E-state index contributed by atoms with van der Waals surface area (Å²) in [5.41, 5.74) is 7.31. The van der Waals surface area contributed by atoms with Crippen LogP contribution < -0.4 is 4.74 Å². The third-order valence-electron chi connectivity index (χ3n) is 4.97. The van der Waals surface area contributed by atoms with Crippen molar-refractivity contribution in [3.05, 3.63) is 64.2 Å². The fraction of sp³-hybridized carbons (Fsp3) is 0.478. The Bertz CT molecular complexity index is 883. The van der Waals surface area contributed by atoms with E-state index in [9.17, 15) is 34.5 Å². The second kappa shape index (κ2) is 13.3. The molecule has 1 nitrogen and oxygen atoms in total. The maximum Gasteiger partial charge on any atom is 0.673 e. The number of hydrogen-bond acceptors (Lipinski definition) is 1. The van der Waals surface area contributed by atoms with Gasteiger partial charge in [0.1, 0.15) is 28.8 Å². The van der Waals surface area contributed by atoms with Gasteiger partial charge in [-0.1, -0.05) is 45.0 Å². The summed E-state index contributed by atoms with van der Waals surface area (Å²) >= 11 is 0. The molecule has 0 amide bonds. The van der Waals surface area contributed by atoms with Crippen LogP contribution in [-0.2, 0) is 50.2 Å². The quantitative estimate of drug-likeness (QED) is 0.196. The summed E-state index contributed by atoms with van der Waals surface area (Å²) in [5, 5.41) is 0. The molecule has 0 fully saturated rings. The highest BCUT2D eigenvalue weighted by molar-refractivity contribution is 7.95. The molecule has 0 N–H and O–H groups in total. The number of ether oxygens (including phenoxy) is 1. The van der Waals surface area contributed by atoms with Crippen LogP contribution in [0.2, 0.25) is 0 Å². The van der Waals surface area contributed by atoms with Crippen molar-refractivity contribution in [2.24, 2.45) is 0 Å². The largest absolute Gasteiger partial charge is 0.673 e. The summed E-state index contributed by atoms with van der Waals surface area (Å²) < 4.78 is 84.0. The summed E-state index contributed by atoms with van der Waals surface area (Å²) in [7, 11) is -9.56. The van der Waals surface area contributed by atoms with Gasteiger partial charge in [-0.3, -0.25) is 0 Å². The van der Waals surface area contributed by atoms with Crippen molar-refractivity contribution in [1.29, 1.82) is 0 Å². The smallest absolute Gasteiger partial charge is 0.496 e. The minimum absolute atomic E-state index is 0.161. The van der Waals surface area contributed by atoms with Gasteiger partial charge in [-0.25, -0.2) is 0 Å². The summed E-state index contributed by atoms with van der Waals surface area (Å²) in [4.78, 5) is 0. The third-order valence-corrected chi connectivity index (χ3v) is 8.23. The molecule has 13 heteroatoms. The SMILES string of the molecule is COc1c2cc(C(C)(C)C)cc1C[S+](C)Cc1ccc(cc1)C[S+](C)C2.F[B-](F)(F)F.F[B-](F)(F)F. The fourth-order valence-corrected chi connectivity index (χ4v) is 6.82. The van der Waals surface area contributed by atoms with Crippen LogP contribution in [0.25, 0.3) is 0 Å². The van der Waals surface area contributed by atoms with Crippen molar-refractivity contribution in [3.8, 4) is 5.75 Å². The number of rotatable bonds is 1. The molecule has 0 spiro atoms. The molecule has 2 aliphatic rings. The van der Waals surface area contributed by atoms with Gasteiger partial charge in [-0.2, -0.15) is 0 Å². The van der Waals surface area contributed by atoms with Crippen molar-refractivity contribution in [2.45, 2.75) is 49.2 Å². The van der Waals surface area contributed by atoms with Crippen LogP contribution in [0.15, 0.2) is 36.4 Å². The first-order valence-electron chi connectivity index (χ1n) is 11.0. The molecular formula is C23H32B2F8OS2. The molecule has 2 atom stereocenters. The molecule has 2 heterocycles. The van der Waals surface area contributed by atoms with Crippen LogP contribution in [0, 0.1) is 0 Å². The zero-order chi connectivity index (χ0) is 27.9. The molecule has 204 valence electrons. The molecule has 0 aliphatic carbocycles. The maximum absolute atomic E-state index is 9.75. The lowest BCUT2D eigenvalue weighted by Crippen LogP contribution is -2.16. The van der Waals surface area contributed by atoms with Crippen LogP contribution in [0.4, 0.5) is 34.5 Å². The van der Waals surface area contributed by atoms with E-state index in [2.05, 4.69) is 69.7 Å². The summed E-state index contributed by atoms with van der Waals surface area (Å²) in [6, 6.07) is 14.1. The molecular weight excluding hydrogens is 530 g/mol. The highest BCUT2D eigenvalue weighted by Gasteiger charge is 2.27. The molecule has 4 bridgehead atoms. The average molecular weight is 562 g/mol. The number of benzene rings is 2. The Hall–Kier alpha value is -1.49. The number of halogens is 8. The predicted octanol–water partition coefficient (Wildman–Crippen LogP) is 7.80. The van der Waals surface area contributed by atoms with E-state index in [-0.39, 0.29) is 5.41 Å². The van der Waals surface area contributed by atoms with Crippen molar-refractivity contribution in [1.82, 2.24) is 0 Å². The highest BCUT2D eigenvalue weighted by atomic mass is 32.2. The van der Waals surface area contributed by atoms with Crippen LogP contribution in [0.1, 0.15) is 48.6 Å². The molecule has 0 saturated heterocycles. The van der Waals surface area contributed by atoms with E-state index in [1.807, 2.05) is 7.11 Å². The van der Waals surface area contributed by atoms with E-state index in [1.165, 1.54) is 27.8 Å². The van der Waals surface area contributed by atoms with E-state index in [1.54, 1.807) is 0 Å². The Morgan fingerprint density at radius 3 is 1.22 bits per heavy atom. The molecule has 0 radical (unpaired) electrons. The molecule has 0 saturated carbocycles. The van der Waals surface area contributed by atoms with Gasteiger partial charge in [-0.05, 0) is 44.9 Å². The number of methoxy groups -OCH3 is 1. The minimum atomic E-state index is -6.00. The minimum Gasteiger partial charge on any atom is -0.496 e. The van der Waals surface area contributed by atoms with Crippen molar-refractivity contribution < 1.29 is 39.3 Å². The van der Waals surface area contributed by atoms with E-state index < -0.39 is 14.5 Å². The normalized spacial score (nSPS) is 18.4. The number of fused-ring (bicyclic) bond motifs is 6. The summed E-state index contributed by atoms with van der Waals surface area (Å²) in [6.07, 6.45) is 4.78. The Labute approximate surface area is 214 Å². The zero-order valence-electron chi connectivity index (χ0n) is 21.2. The van der Waals surface area contributed by atoms with Crippen molar-refractivity contribution in [3.63, 3.8) is 0 Å². The second-order valence-corrected chi connectivity index (χ2v) is 13.8. The first-order chi connectivity index (χ1) is 16.3. The molecule has 4 rings (SSSR count). The van der Waals surface area contributed by atoms with Gasteiger partial charge in [0.2, 0.25) is 0 Å². The maximum atomic E-state index is 9.75. The monoisotopic (exact) mass is 562 g/mol. The van der Waals surface area contributed by atoms with E-state index in [0.717, 1.165) is 28.8 Å². The summed E-state index contributed by atoms with van der Waals surface area (Å²) in [5.74, 6) is 5.63. The fourth-order valence-electron chi connectivity index (χ4n) is 3.60. The van der Waals surface area contributed by atoms with Gasteiger partial charge in [0.15, 0.2) is 0 Å². The van der Waals surface area contributed by atoms with Crippen LogP contribution >= 0.6 is 0 Å². The Morgan fingerprint density at radius 1 is 0.667 bits per heavy atom. The standard InChI is InChI=1S/C23H32OS2.2BF4/c1-23(2,3)21-11-19-15-25(5)13-17-7-9-18(10-8-17)14-26(6)16-20(12-21)22(19)24-4;2*2-1(3,4)5/h7-12H,13-16H2,1-6H3;;/q+2;2*-1. The van der Waals surface area contributed by atoms with Crippen molar-refractivity contribution >= 4 is 36.3 Å². The van der Waals surface area contributed by atoms with Crippen molar-refractivity contribution in [2.75, 3.05) is 19.6 Å². The lowest BCUT2D eigenvalue weighted by Gasteiger charge is -2.23. The molecule has 2 unspecified atom stereocenters. The molecule has 2 aromatic carbocycles. The van der Waals surface area contributed by atoms with Crippen LogP contribution in [0.3, 0.4) is 0 Å². The topological polar surface area (TPSA) is 9.23 Å². The lowest BCUT2D eigenvalue weighted by molar-refractivity contribution is 0.366. The van der Waals surface area contributed by atoms with Crippen LogP contribution in [0.5, 0.6) is 5.75 Å². The number of hydrogen-bond donors (Lipinski definition) is 0. The van der Waals surface area contributed by atoms with Gasteiger partial charge in [0.05, 0.1) is 19.6 Å². The first kappa shape index (κ1) is 32.5. The van der Waals surface area contributed by atoms with E-state index in [4.69, 9.17) is 4.74 Å². The van der Waals surface area contributed by atoms with Gasteiger partial charge >= 0.3 is 14.5 Å². The molecule has 2 aromatic rings. The second-order valence-electron chi connectivity index (χ2n) is 9.52. The third kappa shape index (κ3) is 13.7. The average Bonchev–Trinajstić information content (AvgIpc) is 2.66. The Balaban J connectivity index is 0.000000550. The van der Waals surface area contributed by atoms with Gasteiger partial charge in [0, 0.05) is 22.3 Å². The van der Waals surface area contributed by atoms with Gasteiger partial charge < -0.3 is 39.3 Å². The molecule has 2 aliphatic heterocycles. The Morgan fingerprint density at radius 2 is 0.972 bits per heavy atom. The van der Waals surface area contributed by atoms with E-state index >= 15 is 0 Å². The van der Waals surface area contributed by atoms with Crippen LogP contribution in [-0.4, -0.2) is 34.1 Å². The van der Waals surface area contributed by atoms with Gasteiger partial charge in [0.25, 0.3) is 0 Å². The van der Waals surface area contributed by atoms with Gasteiger partial charge in [-0.15, -0.1) is 0 Å². The Kier molecular flexibility index (Phi) is 12.1. The lowest BCUT2D eigenvalue weighted by atomic mass is 9.85.